The molecule has 37 heavy (non-hydrogen) atoms. The number of amides is 3. The number of aliphatic carboxylic acids is 1. The number of hydrogen-bond donors (Lipinski definition) is 9. The number of rotatable bonds is 17. The third-order valence-corrected chi connectivity index (χ3v) is 5.31. The van der Waals surface area contributed by atoms with Crippen LogP contribution in [-0.2, 0) is 25.6 Å². The molecule has 0 aromatic heterocycles. The van der Waals surface area contributed by atoms with Gasteiger partial charge in [0.2, 0.25) is 17.7 Å². The van der Waals surface area contributed by atoms with Gasteiger partial charge in [0.15, 0.2) is 5.96 Å². The van der Waals surface area contributed by atoms with Gasteiger partial charge in [0.25, 0.3) is 0 Å². The van der Waals surface area contributed by atoms with E-state index < -0.39 is 48.4 Å². The number of carboxylic acids is 1. The summed E-state index contributed by atoms with van der Waals surface area (Å²) in [6, 6.07) is 2.94. The second-order valence-corrected chi connectivity index (χ2v) is 8.44. The van der Waals surface area contributed by atoms with E-state index >= 15 is 0 Å². The van der Waals surface area contributed by atoms with Crippen molar-refractivity contribution in [3.05, 3.63) is 29.8 Å². The Kier molecular flexibility index (Phi) is 14.1. The highest BCUT2D eigenvalue weighted by Crippen LogP contribution is 2.12. The summed E-state index contributed by atoms with van der Waals surface area (Å²) >= 11 is 0. The standard InChI is InChI=1S/C23H38N8O6/c24-10-2-1-5-17(30-20(35)16(25)4-3-11-28-23(26)27)22(37)31-18(21(36)29-13-19(33)34)12-14-6-8-15(32)9-7-14/h6-9,16-18,32H,1-5,10-13,24-25H2,(H,29,36)(H,30,35)(H,31,37)(H,33,34)(H4,26,27,28). The Hall–Kier alpha value is -3.91. The van der Waals surface area contributed by atoms with Crippen LogP contribution in [0.3, 0.4) is 0 Å². The lowest BCUT2D eigenvalue weighted by Gasteiger charge is -2.24. The van der Waals surface area contributed by atoms with Crippen molar-refractivity contribution in [2.75, 3.05) is 19.6 Å². The van der Waals surface area contributed by atoms with Gasteiger partial charge >= 0.3 is 5.97 Å². The van der Waals surface area contributed by atoms with Crippen molar-refractivity contribution in [2.24, 2.45) is 27.9 Å². The molecule has 0 fully saturated rings. The monoisotopic (exact) mass is 522 g/mol. The minimum Gasteiger partial charge on any atom is -0.508 e. The molecular weight excluding hydrogens is 484 g/mol. The quantitative estimate of drug-likeness (QED) is 0.0595. The van der Waals surface area contributed by atoms with Gasteiger partial charge < -0.3 is 49.1 Å². The number of guanidine groups is 1. The fourth-order valence-corrected chi connectivity index (χ4v) is 3.33. The van der Waals surface area contributed by atoms with Gasteiger partial charge in [-0.15, -0.1) is 0 Å². The van der Waals surface area contributed by atoms with Crippen molar-refractivity contribution < 1.29 is 29.4 Å². The van der Waals surface area contributed by atoms with Crippen LogP contribution in [0, 0.1) is 0 Å². The SMILES string of the molecule is NCCCCC(NC(=O)C(N)CCCN=C(N)N)C(=O)NC(Cc1ccc(O)cc1)C(=O)NCC(=O)O. The number of phenolic OH excluding ortho intramolecular Hbond substituents is 1. The molecule has 0 spiro atoms. The molecule has 0 heterocycles. The normalized spacial score (nSPS) is 13.0. The zero-order valence-corrected chi connectivity index (χ0v) is 20.7. The predicted molar refractivity (Wildman–Crippen MR) is 137 cm³/mol. The van der Waals surface area contributed by atoms with Crippen molar-refractivity contribution in [3.63, 3.8) is 0 Å². The van der Waals surface area contributed by atoms with Crippen molar-refractivity contribution in [3.8, 4) is 5.75 Å². The number of nitrogens with one attached hydrogen (secondary N) is 3. The number of aromatic hydroxyl groups is 1. The molecule has 13 N–H and O–H groups in total. The molecule has 0 aliphatic carbocycles. The highest BCUT2D eigenvalue weighted by atomic mass is 16.4. The molecule has 1 rings (SSSR count). The minimum atomic E-state index is -1.25. The molecule has 0 radical (unpaired) electrons. The summed E-state index contributed by atoms with van der Waals surface area (Å²) in [5, 5.41) is 25.9. The third kappa shape index (κ3) is 13.1. The summed E-state index contributed by atoms with van der Waals surface area (Å²) in [4.78, 5) is 53.2. The number of nitrogens with two attached hydrogens (primary N) is 4. The van der Waals surface area contributed by atoms with Gasteiger partial charge in [-0.25, -0.2) is 0 Å². The van der Waals surface area contributed by atoms with Gasteiger partial charge in [-0.3, -0.25) is 24.2 Å². The molecule has 206 valence electrons. The van der Waals surface area contributed by atoms with Crippen molar-refractivity contribution >= 4 is 29.7 Å². The van der Waals surface area contributed by atoms with Crippen LogP contribution in [0.5, 0.6) is 5.75 Å². The van der Waals surface area contributed by atoms with Crippen LogP contribution < -0.4 is 38.9 Å². The summed E-state index contributed by atoms with van der Waals surface area (Å²) in [5.74, 6) is -3.19. The molecule has 0 saturated heterocycles. The van der Waals surface area contributed by atoms with Gasteiger partial charge in [0.1, 0.15) is 24.4 Å². The lowest BCUT2D eigenvalue weighted by atomic mass is 10.0. The van der Waals surface area contributed by atoms with Gasteiger partial charge in [-0.2, -0.15) is 0 Å². The lowest BCUT2D eigenvalue weighted by Crippen LogP contribution is -2.56. The first-order valence-electron chi connectivity index (χ1n) is 11.9. The zero-order valence-electron chi connectivity index (χ0n) is 20.7. The highest BCUT2D eigenvalue weighted by molar-refractivity contribution is 5.93. The molecule has 1 aromatic carbocycles. The molecule has 0 saturated carbocycles. The maximum absolute atomic E-state index is 13.1. The number of unbranched alkanes of at least 4 members (excludes halogenated alkanes) is 1. The molecular formula is C23H38N8O6. The predicted octanol–water partition coefficient (Wildman–Crippen LogP) is -2.38. The Balaban J connectivity index is 2.94. The van der Waals surface area contributed by atoms with Crippen LogP contribution in [0.25, 0.3) is 0 Å². The smallest absolute Gasteiger partial charge is 0.322 e. The van der Waals surface area contributed by atoms with Gasteiger partial charge in [0.05, 0.1) is 6.04 Å². The summed E-state index contributed by atoms with van der Waals surface area (Å²) in [6.07, 6.45) is 2.14. The second kappa shape index (κ2) is 16.7. The maximum atomic E-state index is 13.1. The van der Waals surface area contributed by atoms with Gasteiger partial charge in [-0.1, -0.05) is 12.1 Å². The van der Waals surface area contributed by atoms with E-state index in [-0.39, 0.29) is 31.0 Å². The molecule has 3 unspecified atom stereocenters. The number of nitrogens with zero attached hydrogens (tertiary/aromatic N) is 1. The Morgan fingerprint density at radius 2 is 1.54 bits per heavy atom. The van der Waals surface area contributed by atoms with E-state index in [1.165, 1.54) is 12.1 Å². The van der Waals surface area contributed by atoms with Gasteiger partial charge in [-0.05, 0) is 56.3 Å². The fraction of sp³-hybridized carbons (Fsp3) is 0.522. The number of hydrogen-bond acceptors (Lipinski definition) is 8. The molecule has 1 aromatic rings. The zero-order chi connectivity index (χ0) is 27.8. The Morgan fingerprint density at radius 3 is 2.14 bits per heavy atom. The first-order chi connectivity index (χ1) is 17.5. The molecule has 0 bridgehead atoms. The van der Waals surface area contributed by atoms with E-state index in [9.17, 15) is 24.3 Å². The highest BCUT2D eigenvalue weighted by Gasteiger charge is 2.28. The van der Waals surface area contributed by atoms with E-state index in [1.54, 1.807) is 12.1 Å². The molecule has 14 heteroatoms. The number of aliphatic imine (C=N–C) groups is 1. The Morgan fingerprint density at radius 1 is 0.892 bits per heavy atom. The van der Waals surface area contributed by atoms with E-state index in [4.69, 9.17) is 28.0 Å². The van der Waals surface area contributed by atoms with Gasteiger partial charge in [0, 0.05) is 13.0 Å². The Labute approximate surface area is 215 Å². The summed E-state index contributed by atoms with van der Waals surface area (Å²) in [5.41, 5.74) is 22.7. The molecule has 3 atom stereocenters. The number of carbonyl (C=O) groups is 4. The van der Waals surface area contributed by atoms with Crippen molar-refractivity contribution in [2.45, 2.75) is 56.7 Å². The largest absolute Gasteiger partial charge is 0.508 e. The summed E-state index contributed by atoms with van der Waals surface area (Å²) in [7, 11) is 0. The molecule has 0 aliphatic rings. The number of phenols is 1. The minimum absolute atomic E-state index is 0.0191. The van der Waals surface area contributed by atoms with Crippen LogP contribution in [0.2, 0.25) is 0 Å². The van der Waals surface area contributed by atoms with Crippen LogP contribution >= 0.6 is 0 Å². The van der Waals surface area contributed by atoms with E-state index in [1.807, 2.05) is 0 Å². The number of benzene rings is 1. The Bertz CT molecular complexity index is 920. The first kappa shape index (κ1) is 31.1. The van der Waals surface area contributed by atoms with Crippen LogP contribution in [0.15, 0.2) is 29.3 Å². The fourth-order valence-electron chi connectivity index (χ4n) is 3.33. The van der Waals surface area contributed by atoms with Crippen LogP contribution in [0.4, 0.5) is 0 Å². The first-order valence-corrected chi connectivity index (χ1v) is 11.9. The molecule has 3 amide bonds. The van der Waals surface area contributed by atoms with Crippen molar-refractivity contribution in [1.29, 1.82) is 0 Å². The van der Waals surface area contributed by atoms with E-state index in [0.29, 0.717) is 37.9 Å². The number of carbonyl (C=O) groups excluding carboxylic acids is 3. The van der Waals surface area contributed by atoms with Crippen molar-refractivity contribution in [1.82, 2.24) is 16.0 Å². The van der Waals surface area contributed by atoms with Crippen LogP contribution in [0.1, 0.15) is 37.7 Å². The van der Waals surface area contributed by atoms with Crippen LogP contribution in [-0.4, -0.2) is 77.6 Å². The average Bonchev–Trinajstić information content (AvgIpc) is 2.85. The maximum Gasteiger partial charge on any atom is 0.322 e. The van der Waals surface area contributed by atoms with E-state index in [0.717, 1.165) is 0 Å². The lowest BCUT2D eigenvalue weighted by molar-refractivity contribution is -0.138. The molecule has 14 nitrogen and oxygen atoms in total. The summed E-state index contributed by atoms with van der Waals surface area (Å²) < 4.78 is 0. The average molecular weight is 523 g/mol. The third-order valence-electron chi connectivity index (χ3n) is 5.31. The summed E-state index contributed by atoms with van der Waals surface area (Å²) in [6.45, 7) is 0.0634. The number of carboxylic acid groups (broad SMARTS) is 1. The van der Waals surface area contributed by atoms with E-state index in [2.05, 4.69) is 20.9 Å². The molecule has 0 aliphatic heterocycles. The topological polar surface area (TPSA) is 261 Å². The second-order valence-electron chi connectivity index (χ2n) is 8.44.